The smallest absolute Gasteiger partial charge is 0.264 e. The predicted octanol–water partition coefficient (Wildman–Crippen LogP) is 4.10. The first-order valence-electron chi connectivity index (χ1n) is 8.40. The van der Waals surface area contributed by atoms with Crippen LogP contribution in [0.4, 0.5) is 5.69 Å². The molecule has 3 aromatic carbocycles. The molecule has 3 aromatic rings. The molecule has 0 N–H and O–H groups in total. The number of anilines is 1. The third-order valence-corrected chi connectivity index (χ3v) is 5.93. The van der Waals surface area contributed by atoms with Crippen LogP contribution in [-0.4, -0.2) is 22.6 Å². The van der Waals surface area contributed by atoms with Crippen molar-refractivity contribution in [3.8, 4) is 11.5 Å². The van der Waals surface area contributed by atoms with Crippen LogP contribution in [0.1, 0.15) is 5.56 Å². The molecule has 0 aliphatic carbocycles. The Balaban J connectivity index is 2.17. The fourth-order valence-electron chi connectivity index (χ4n) is 2.76. The van der Waals surface area contributed by atoms with Crippen molar-refractivity contribution in [2.75, 3.05) is 18.5 Å². The number of sulfonamides is 1. The first-order valence-corrected chi connectivity index (χ1v) is 9.84. The van der Waals surface area contributed by atoms with E-state index in [9.17, 15) is 8.42 Å². The van der Waals surface area contributed by atoms with E-state index in [2.05, 4.69) is 0 Å². The molecule has 0 fully saturated rings. The molecule has 0 atom stereocenters. The lowest BCUT2D eigenvalue weighted by Crippen LogP contribution is -2.31. The second-order valence-electron chi connectivity index (χ2n) is 5.85. The second kappa shape index (κ2) is 8.14. The average Bonchev–Trinajstić information content (AvgIpc) is 2.73. The summed E-state index contributed by atoms with van der Waals surface area (Å²) in [6.07, 6.45) is 0. The van der Waals surface area contributed by atoms with Crippen LogP contribution >= 0.6 is 0 Å². The van der Waals surface area contributed by atoms with Gasteiger partial charge in [0.2, 0.25) is 0 Å². The highest BCUT2D eigenvalue weighted by Crippen LogP contribution is 2.36. The molecule has 0 heterocycles. The fourth-order valence-corrected chi connectivity index (χ4v) is 4.24. The molecule has 0 aliphatic heterocycles. The predicted molar refractivity (Wildman–Crippen MR) is 106 cm³/mol. The minimum atomic E-state index is -3.81. The van der Waals surface area contributed by atoms with Crippen LogP contribution in [0.2, 0.25) is 0 Å². The monoisotopic (exact) mass is 383 g/mol. The van der Waals surface area contributed by atoms with Gasteiger partial charge in [-0.25, -0.2) is 8.42 Å². The number of hydrogen-bond donors (Lipinski definition) is 0. The lowest BCUT2D eigenvalue weighted by Gasteiger charge is -2.26. The minimum Gasteiger partial charge on any atom is -0.497 e. The zero-order valence-corrected chi connectivity index (χ0v) is 16.0. The highest BCUT2D eigenvalue weighted by atomic mass is 32.2. The Labute approximate surface area is 159 Å². The van der Waals surface area contributed by atoms with Crippen molar-refractivity contribution in [3.05, 3.63) is 84.4 Å². The summed E-state index contributed by atoms with van der Waals surface area (Å²) in [5.74, 6) is 0.998. The van der Waals surface area contributed by atoms with Gasteiger partial charge in [0.25, 0.3) is 10.0 Å². The van der Waals surface area contributed by atoms with Crippen molar-refractivity contribution in [1.82, 2.24) is 0 Å². The van der Waals surface area contributed by atoms with E-state index < -0.39 is 10.0 Å². The Morgan fingerprint density at radius 2 is 1.44 bits per heavy atom. The third kappa shape index (κ3) is 4.06. The molecule has 6 heteroatoms. The summed E-state index contributed by atoms with van der Waals surface area (Å²) in [6.45, 7) is 0.168. The number of rotatable bonds is 7. The van der Waals surface area contributed by atoms with Crippen LogP contribution < -0.4 is 13.8 Å². The molecule has 0 aromatic heterocycles. The zero-order valence-electron chi connectivity index (χ0n) is 15.2. The van der Waals surface area contributed by atoms with E-state index in [1.165, 1.54) is 11.4 Å². The lowest BCUT2D eigenvalue weighted by atomic mass is 10.2. The van der Waals surface area contributed by atoms with Gasteiger partial charge in [0.05, 0.1) is 31.3 Å². The van der Waals surface area contributed by atoms with Gasteiger partial charge in [-0.1, -0.05) is 48.5 Å². The normalized spacial score (nSPS) is 11.0. The van der Waals surface area contributed by atoms with Crippen molar-refractivity contribution >= 4 is 15.7 Å². The van der Waals surface area contributed by atoms with Gasteiger partial charge in [0.15, 0.2) is 0 Å². The number of benzene rings is 3. The molecule has 0 saturated carbocycles. The summed E-state index contributed by atoms with van der Waals surface area (Å²) < 4.78 is 38.9. The topological polar surface area (TPSA) is 55.8 Å². The van der Waals surface area contributed by atoms with Gasteiger partial charge in [-0.2, -0.15) is 0 Å². The Morgan fingerprint density at radius 1 is 0.815 bits per heavy atom. The van der Waals surface area contributed by atoms with Gasteiger partial charge in [-0.15, -0.1) is 0 Å². The van der Waals surface area contributed by atoms with Gasteiger partial charge in [0, 0.05) is 6.07 Å². The fraction of sp³-hybridized carbons (Fsp3) is 0.143. The van der Waals surface area contributed by atoms with Crippen LogP contribution in [0, 0.1) is 0 Å². The first-order chi connectivity index (χ1) is 13.1. The van der Waals surface area contributed by atoms with Crippen LogP contribution in [0.3, 0.4) is 0 Å². The molecule has 0 amide bonds. The molecule has 140 valence electrons. The maximum atomic E-state index is 13.4. The van der Waals surface area contributed by atoms with E-state index in [1.807, 2.05) is 30.3 Å². The van der Waals surface area contributed by atoms with E-state index >= 15 is 0 Å². The number of ether oxygens (including phenoxy) is 2. The number of methoxy groups -OCH3 is 2. The zero-order chi connectivity index (χ0) is 19.3. The minimum absolute atomic E-state index is 0.168. The van der Waals surface area contributed by atoms with Crippen molar-refractivity contribution in [1.29, 1.82) is 0 Å². The van der Waals surface area contributed by atoms with Gasteiger partial charge in [-0.3, -0.25) is 4.31 Å². The molecule has 5 nitrogen and oxygen atoms in total. The Bertz CT molecular complexity index is 989. The SMILES string of the molecule is COc1ccc(OC)c(N(Cc2ccccc2)S(=O)(=O)c2ccccc2)c1. The molecule has 0 bridgehead atoms. The van der Waals surface area contributed by atoms with E-state index in [1.54, 1.807) is 55.6 Å². The summed E-state index contributed by atoms with van der Waals surface area (Å²) in [5.41, 5.74) is 1.28. The Hall–Kier alpha value is -2.99. The van der Waals surface area contributed by atoms with Gasteiger partial charge < -0.3 is 9.47 Å². The Kier molecular flexibility index (Phi) is 5.66. The van der Waals surface area contributed by atoms with Gasteiger partial charge in [-0.05, 0) is 29.8 Å². The van der Waals surface area contributed by atoms with Crippen LogP contribution in [0.25, 0.3) is 0 Å². The second-order valence-corrected chi connectivity index (χ2v) is 7.71. The quantitative estimate of drug-likeness (QED) is 0.616. The van der Waals surface area contributed by atoms with E-state index in [0.29, 0.717) is 17.2 Å². The van der Waals surface area contributed by atoms with Crippen molar-refractivity contribution in [2.45, 2.75) is 11.4 Å². The molecule has 0 radical (unpaired) electrons. The molecule has 3 rings (SSSR count). The summed E-state index contributed by atoms with van der Waals surface area (Å²) in [4.78, 5) is 0.214. The molecular formula is C21H21NO4S. The average molecular weight is 383 g/mol. The van der Waals surface area contributed by atoms with Crippen molar-refractivity contribution in [2.24, 2.45) is 0 Å². The molecule has 0 aliphatic rings. The molecular weight excluding hydrogens is 362 g/mol. The highest BCUT2D eigenvalue weighted by molar-refractivity contribution is 7.92. The number of nitrogens with zero attached hydrogens (tertiary/aromatic N) is 1. The van der Waals surface area contributed by atoms with Crippen LogP contribution in [0.5, 0.6) is 11.5 Å². The molecule has 0 saturated heterocycles. The largest absolute Gasteiger partial charge is 0.497 e. The van der Waals surface area contributed by atoms with Gasteiger partial charge >= 0.3 is 0 Å². The van der Waals surface area contributed by atoms with E-state index in [0.717, 1.165) is 5.56 Å². The first kappa shape index (κ1) is 18.8. The highest BCUT2D eigenvalue weighted by Gasteiger charge is 2.28. The molecule has 0 unspecified atom stereocenters. The van der Waals surface area contributed by atoms with Crippen LogP contribution in [-0.2, 0) is 16.6 Å². The van der Waals surface area contributed by atoms with Crippen molar-refractivity contribution < 1.29 is 17.9 Å². The standard InChI is InChI=1S/C21H21NO4S/c1-25-18-13-14-21(26-2)20(15-18)22(16-17-9-5-3-6-10-17)27(23,24)19-11-7-4-8-12-19/h3-15H,16H2,1-2H3. The summed E-state index contributed by atoms with van der Waals surface area (Å²) >= 11 is 0. The summed E-state index contributed by atoms with van der Waals surface area (Å²) in [7, 11) is -0.757. The maximum absolute atomic E-state index is 13.4. The van der Waals surface area contributed by atoms with Crippen molar-refractivity contribution in [3.63, 3.8) is 0 Å². The lowest BCUT2D eigenvalue weighted by molar-refractivity contribution is 0.403. The molecule has 0 spiro atoms. The van der Waals surface area contributed by atoms with Gasteiger partial charge in [0.1, 0.15) is 11.5 Å². The number of hydrogen-bond acceptors (Lipinski definition) is 4. The van der Waals surface area contributed by atoms with E-state index in [4.69, 9.17) is 9.47 Å². The summed E-state index contributed by atoms with van der Waals surface area (Å²) in [6, 6.07) is 22.9. The van der Waals surface area contributed by atoms with Crippen LogP contribution in [0.15, 0.2) is 83.8 Å². The third-order valence-electron chi connectivity index (χ3n) is 4.15. The summed E-state index contributed by atoms with van der Waals surface area (Å²) in [5, 5.41) is 0. The molecule has 27 heavy (non-hydrogen) atoms. The Morgan fingerprint density at radius 3 is 2.04 bits per heavy atom. The maximum Gasteiger partial charge on any atom is 0.264 e. The van der Waals surface area contributed by atoms with E-state index in [-0.39, 0.29) is 11.4 Å².